The number of unbranched alkanes of at least 4 members (excludes halogenated alkanes) is 1. The molecule has 1 aliphatic carbocycles. The second-order valence-electron chi connectivity index (χ2n) is 6.05. The van der Waals surface area contributed by atoms with Crippen LogP contribution in [0, 0.1) is 5.92 Å². The largest absolute Gasteiger partial charge is 0.481 e. The summed E-state index contributed by atoms with van der Waals surface area (Å²) in [6.07, 6.45) is 11.6. The van der Waals surface area contributed by atoms with Crippen LogP contribution < -0.4 is 0 Å². The van der Waals surface area contributed by atoms with E-state index in [-0.39, 0.29) is 6.42 Å². The number of rotatable bonds is 7. The van der Waals surface area contributed by atoms with Crippen LogP contribution in [0.1, 0.15) is 75.7 Å². The van der Waals surface area contributed by atoms with Gasteiger partial charge in [-0.15, -0.1) is 0 Å². The molecule has 1 aromatic heterocycles. The number of nitrogens with zero attached hydrogens (tertiary/aromatic N) is 1. The summed E-state index contributed by atoms with van der Waals surface area (Å²) in [5.41, 5.74) is 0.954. The molecule has 0 amide bonds. The first kappa shape index (κ1) is 15.1. The number of carboxylic acid groups (broad SMARTS) is 1. The molecular weight excluding hydrogens is 252 g/mol. The van der Waals surface area contributed by atoms with Crippen LogP contribution in [0.3, 0.4) is 0 Å². The van der Waals surface area contributed by atoms with E-state index in [4.69, 9.17) is 5.11 Å². The molecule has 1 aromatic rings. The molecule has 1 fully saturated rings. The van der Waals surface area contributed by atoms with Gasteiger partial charge >= 0.3 is 5.97 Å². The maximum absolute atomic E-state index is 10.6. The van der Waals surface area contributed by atoms with Gasteiger partial charge in [-0.3, -0.25) is 4.79 Å². The Kier molecular flexibility index (Phi) is 5.62. The molecule has 20 heavy (non-hydrogen) atoms. The maximum Gasteiger partial charge on any atom is 0.303 e. The zero-order chi connectivity index (χ0) is 14.4. The Morgan fingerprint density at radius 1 is 1.40 bits per heavy atom. The van der Waals surface area contributed by atoms with E-state index in [0.717, 1.165) is 17.4 Å². The Labute approximate surface area is 121 Å². The van der Waals surface area contributed by atoms with Crippen molar-refractivity contribution in [3.05, 3.63) is 17.7 Å². The number of imidazole rings is 1. The van der Waals surface area contributed by atoms with Crippen LogP contribution in [0.4, 0.5) is 0 Å². The van der Waals surface area contributed by atoms with E-state index in [0.29, 0.717) is 12.3 Å². The third kappa shape index (κ3) is 4.36. The number of aromatic amines is 1. The maximum atomic E-state index is 10.6. The lowest BCUT2D eigenvalue weighted by atomic mass is 9.79. The molecule has 2 rings (SSSR count). The molecule has 1 aliphatic rings. The minimum atomic E-state index is -0.752. The molecule has 4 heteroatoms. The topological polar surface area (TPSA) is 66.0 Å². The lowest BCUT2D eigenvalue weighted by Gasteiger charge is -2.27. The van der Waals surface area contributed by atoms with Crippen molar-refractivity contribution >= 4 is 5.97 Å². The predicted octanol–water partition coefficient (Wildman–Crippen LogP) is 3.89. The zero-order valence-electron chi connectivity index (χ0n) is 12.4. The lowest BCUT2D eigenvalue weighted by molar-refractivity contribution is -0.136. The highest BCUT2D eigenvalue weighted by Gasteiger charge is 2.23. The van der Waals surface area contributed by atoms with E-state index in [9.17, 15) is 4.79 Å². The molecule has 1 saturated carbocycles. The number of aryl methyl sites for hydroxylation is 1. The highest BCUT2D eigenvalue weighted by atomic mass is 16.4. The summed E-state index contributed by atoms with van der Waals surface area (Å²) in [7, 11) is 0. The van der Waals surface area contributed by atoms with Crippen molar-refractivity contribution in [1.82, 2.24) is 9.97 Å². The highest BCUT2D eigenvalue weighted by Crippen LogP contribution is 2.36. The average Bonchev–Trinajstić information content (AvgIpc) is 2.92. The first-order chi connectivity index (χ1) is 9.69. The Morgan fingerprint density at radius 2 is 2.15 bits per heavy atom. The second kappa shape index (κ2) is 7.46. The van der Waals surface area contributed by atoms with E-state index in [2.05, 4.69) is 16.9 Å². The monoisotopic (exact) mass is 278 g/mol. The van der Waals surface area contributed by atoms with Crippen molar-refractivity contribution in [1.29, 1.82) is 0 Å². The van der Waals surface area contributed by atoms with Gasteiger partial charge in [0.2, 0.25) is 0 Å². The first-order valence-corrected chi connectivity index (χ1v) is 7.94. The summed E-state index contributed by atoms with van der Waals surface area (Å²) in [5, 5.41) is 8.70. The molecule has 0 saturated heterocycles. The fraction of sp³-hybridized carbons (Fsp3) is 0.750. The molecular formula is C16H26N2O2. The number of aliphatic carboxylic acids is 1. The van der Waals surface area contributed by atoms with Crippen LogP contribution in [0.25, 0.3) is 0 Å². The Morgan fingerprint density at radius 3 is 2.80 bits per heavy atom. The standard InChI is InChI=1S/C16H26N2O2/c1-2-3-4-12-5-7-13(8-6-12)16-17-11-14(18-16)9-10-15(19)20/h11-13H,2-10H2,1H3,(H,17,18)(H,19,20). The van der Waals surface area contributed by atoms with Crippen molar-refractivity contribution in [3.8, 4) is 0 Å². The molecule has 0 spiro atoms. The smallest absolute Gasteiger partial charge is 0.303 e. The van der Waals surface area contributed by atoms with Crippen LogP contribution >= 0.6 is 0 Å². The van der Waals surface area contributed by atoms with E-state index in [1.165, 1.54) is 44.9 Å². The van der Waals surface area contributed by atoms with Crippen molar-refractivity contribution in [2.24, 2.45) is 5.92 Å². The molecule has 0 bridgehead atoms. The van der Waals surface area contributed by atoms with Gasteiger partial charge in [-0.05, 0) is 38.0 Å². The van der Waals surface area contributed by atoms with Gasteiger partial charge in [0.25, 0.3) is 0 Å². The number of aromatic nitrogens is 2. The predicted molar refractivity (Wildman–Crippen MR) is 78.8 cm³/mol. The zero-order valence-corrected chi connectivity index (χ0v) is 12.4. The van der Waals surface area contributed by atoms with Gasteiger partial charge < -0.3 is 10.1 Å². The van der Waals surface area contributed by atoms with E-state index >= 15 is 0 Å². The van der Waals surface area contributed by atoms with Gasteiger partial charge in [-0.25, -0.2) is 4.98 Å². The molecule has 0 unspecified atom stereocenters. The van der Waals surface area contributed by atoms with Crippen molar-refractivity contribution < 1.29 is 9.90 Å². The van der Waals surface area contributed by atoms with Gasteiger partial charge in [0.15, 0.2) is 0 Å². The quantitative estimate of drug-likeness (QED) is 0.795. The number of H-pyrrole nitrogens is 1. The minimum Gasteiger partial charge on any atom is -0.481 e. The van der Waals surface area contributed by atoms with Gasteiger partial charge in [0, 0.05) is 17.8 Å². The SMILES string of the molecule is CCCCC1CCC(c2ncc(CCC(=O)O)[nH]2)CC1. The molecule has 112 valence electrons. The number of nitrogens with one attached hydrogen (secondary N) is 1. The van der Waals surface area contributed by atoms with Gasteiger partial charge in [0.05, 0.1) is 6.42 Å². The molecule has 4 nitrogen and oxygen atoms in total. The molecule has 2 N–H and O–H groups in total. The van der Waals surface area contributed by atoms with Gasteiger partial charge in [0.1, 0.15) is 5.82 Å². The number of hydrogen-bond donors (Lipinski definition) is 2. The summed E-state index contributed by atoms with van der Waals surface area (Å²) in [6.45, 7) is 2.26. The van der Waals surface area contributed by atoms with Crippen LogP contribution in [0.5, 0.6) is 0 Å². The summed E-state index contributed by atoms with van der Waals surface area (Å²) < 4.78 is 0. The second-order valence-corrected chi connectivity index (χ2v) is 6.05. The molecule has 1 heterocycles. The van der Waals surface area contributed by atoms with E-state index < -0.39 is 5.97 Å². The van der Waals surface area contributed by atoms with Crippen LogP contribution in [-0.2, 0) is 11.2 Å². The fourth-order valence-corrected chi connectivity index (χ4v) is 3.17. The third-order valence-corrected chi connectivity index (χ3v) is 4.46. The Hall–Kier alpha value is -1.32. The van der Waals surface area contributed by atoms with Crippen molar-refractivity contribution in [2.45, 2.75) is 70.6 Å². The van der Waals surface area contributed by atoms with Crippen molar-refractivity contribution in [3.63, 3.8) is 0 Å². The van der Waals surface area contributed by atoms with Gasteiger partial charge in [-0.2, -0.15) is 0 Å². The Bertz CT molecular complexity index is 420. The number of hydrogen-bond acceptors (Lipinski definition) is 2. The van der Waals surface area contributed by atoms with Crippen LogP contribution in [-0.4, -0.2) is 21.0 Å². The highest BCUT2D eigenvalue weighted by molar-refractivity contribution is 5.66. The summed E-state index contributed by atoms with van der Waals surface area (Å²) in [6, 6.07) is 0. The first-order valence-electron chi connectivity index (χ1n) is 7.94. The number of carboxylic acids is 1. The van der Waals surface area contributed by atoms with Crippen LogP contribution in [0.2, 0.25) is 0 Å². The fourth-order valence-electron chi connectivity index (χ4n) is 3.17. The summed E-state index contributed by atoms with van der Waals surface area (Å²) in [4.78, 5) is 18.3. The lowest BCUT2D eigenvalue weighted by Crippen LogP contribution is -2.14. The molecule has 0 radical (unpaired) electrons. The Balaban J connectivity index is 1.80. The molecule has 0 atom stereocenters. The average molecular weight is 278 g/mol. The molecule has 0 aromatic carbocycles. The minimum absolute atomic E-state index is 0.172. The van der Waals surface area contributed by atoms with Crippen molar-refractivity contribution in [2.75, 3.05) is 0 Å². The summed E-state index contributed by atoms with van der Waals surface area (Å²) >= 11 is 0. The van der Waals surface area contributed by atoms with Gasteiger partial charge in [-0.1, -0.05) is 26.2 Å². The van der Waals surface area contributed by atoms with Crippen LogP contribution in [0.15, 0.2) is 6.20 Å². The normalized spacial score (nSPS) is 22.9. The van der Waals surface area contributed by atoms with E-state index in [1.54, 1.807) is 6.20 Å². The summed E-state index contributed by atoms with van der Waals surface area (Å²) in [5.74, 6) is 1.77. The van der Waals surface area contributed by atoms with E-state index in [1.807, 2.05) is 0 Å². The number of carbonyl (C=O) groups is 1. The third-order valence-electron chi connectivity index (χ3n) is 4.46. The molecule has 0 aliphatic heterocycles.